The summed E-state index contributed by atoms with van der Waals surface area (Å²) in [5.74, 6) is 0.0162. The van der Waals surface area contributed by atoms with E-state index in [2.05, 4.69) is 10.2 Å². The Hall–Kier alpha value is -1.79. The number of hydrogen-bond acceptors (Lipinski definition) is 5. The van der Waals surface area contributed by atoms with E-state index >= 15 is 0 Å². The van der Waals surface area contributed by atoms with Gasteiger partial charge in [0.15, 0.2) is 0 Å². The lowest BCUT2D eigenvalue weighted by Gasteiger charge is -2.21. The number of methoxy groups -OCH3 is 2. The lowest BCUT2D eigenvalue weighted by atomic mass is 10.1. The maximum Gasteiger partial charge on any atom is 0.228 e. The number of ether oxygens (including phenoxy) is 2. The highest BCUT2D eigenvalue weighted by Crippen LogP contribution is 2.35. The number of nitrogens with two attached hydrogens (primary N) is 1. The van der Waals surface area contributed by atoms with Crippen molar-refractivity contribution in [2.75, 3.05) is 43.3 Å². The number of nitrogens with one attached hydrogen (secondary N) is 1. The van der Waals surface area contributed by atoms with Crippen LogP contribution in [0.25, 0.3) is 0 Å². The molecule has 108 valence electrons. The molecule has 1 amide bonds. The Morgan fingerprint density at radius 1 is 1.25 bits per heavy atom. The Bertz CT molecular complexity index is 535. The minimum Gasteiger partial charge on any atom is -0.397 e. The van der Waals surface area contributed by atoms with Gasteiger partial charge >= 0.3 is 0 Å². The van der Waals surface area contributed by atoms with Gasteiger partial charge in [0.2, 0.25) is 5.91 Å². The summed E-state index contributed by atoms with van der Waals surface area (Å²) in [4.78, 5) is 13.6. The summed E-state index contributed by atoms with van der Waals surface area (Å²) < 4.78 is 10.9. The van der Waals surface area contributed by atoms with Crippen molar-refractivity contribution in [1.82, 2.24) is 0 Å². The molecule has 3 N–H and O–H groups in total. The average Bonchev–Trinajstić information content (AvgIpc) is 2.99. The quantitative estimate of drug-likeness (QED) is 0.792. The predicted molar refractivity (Wildman–Crippen MR) is 77.0 cm³/mol. The monoisotopic (exact) mass is 277 g/mol. The highest BCUT2D eigenvalue weighted by molar-refractivity contribution is 6.01. The average molecular weight is 277 g/mol. The molecule has 0 spiro atoms. The van der Waals surface area contributed by atoms with Crippen molar-refractivity contribution in [3.8, 4) is 0 Å². The molecule has 1 aromatic rings. The van der Waals surface area contributed by atoms with Crippen LogP contribution in [0, 0.1) is 0 Å². The minimum absolute atomic E-state index is 0.0162. The Labute approximate surface area is 117 Å². The zero-order valence-corrected chi connectivity index (χ0v) is 11.7. The second-order valence-corrected chi connectivity index (χ2v) is 5.25. The molecule has 6 heteroatoms. The number of nitrogens with zero attached hydrogens (tertiary/aromatic N) is 1. The molecule has 1 aromatic carbocycles. The number of carbonyl (C=O) groups is 1. The summed E-state index contributed by atoms with van der Waals surface area (Å²) in [5.41, 5.74) is 9.56. The molecule has 2 unspecified atom stereocenters. The first-order valence-electron chi connectivity index (χ1n) is 6.65. The van der Waals surface area contributed by atoms with E-state index in [0.717, 1.165) is 30.0 Å². The molecule has 1 fully saturated rings. The van der Waals surface area contributed by atoms with E-state index in [4.69, 9.17) is 15.2 Å². The maximum absolute atomic E-state index is 11.4. The van der Waals surface area contributed by atoms with Gasteiger partial charge in [0.1, 0.15) is 12.2 Å². The SMILES string of the molecule is COC1CN(c2cc3c(cc2N)CC(=O)N3)CC1OC. The third-order valence-corrected chi connectivity index (χ3v) is 4.04. The van der Waals surface area contributed by atoms with Crippen LogP contribution >= 0.6 is 0 Å². The molecular formula is C14H19N3O3. The van der Waals surface area contributed by atoms with E-state index in [1.165, 1.54) is 0 Å². The summed E-state index contributed by atoms with van der Waals surface area (Å²) in [7, 11) is 3.37. The van der Waals surface area contributed by atoms with Crippen LogP contribution in [-0.4, -0.2) is 45.4 Å². The third kappa shape index (κ3) is 2.10. The summed E-state index contributed by atoms with van der Waals surface area (Å²) in [6.07, 6.45) is 0.464. The second-order valence-electron chi connectivity index (χ2n) is 5.25. The first-order valence-corrected chi connectivity index (χ1v) is 6.65. The van der Waals surface area contributed by atoms with Gasteiger partial charge in [-0.25, -0.2) is 0 Å². The van der Waals surface area contributed by atoms with Crippen molar-refractivity contribution in [3.63, 3.8) is 0 Å². The van der Waals surface area contributed by atoms with Crippen molar-refractivity contribution < 1.29 is 14.3 Å². The maximum atomic E-state index is 11.4. The van der Waals surface area contributed by atoms with Crippen LogP contribution in [0.4, 0.5) is 17.1 Å². The van der Waals surface area contributed by atoms with Gasteiger partial charge in [-0.15, -0.1) is 0 Å². The molecule has 2 aliphatic rings. The van der Waals surface area contributed by atoms with Gasteiger partial charge in [-0.2, -0.15) is 0 Å². The van der Waals surface area contributed by atoms with Gasteiger partial charge < -0.3 is 25.4 Å². The number of fused-ring (bicyclic) bond motifs is 1. The molecule has 2 aliphatic heterocycles. The molecule has 0 radical (unpaired) electrons. The van der Waals surface area contributed by atoms with Crippen molar-refractivity contribution in [2.45, 2.75) is 18.6 Å². The number of amides is 1. The normalized spacial score (nSPS) is 24.9. The topological polar surface area (TPSA) is 76.8 Å². The lowest BCUT2D eigenvalue weighted by molar-refractivity contribution is -0.115. The summed E-state index contributed by atoms with van der Waals surface area (Å²) in [6, 6.07) is 3.82. The zero-order chi connectivity index (χ0) is 14.3. The van der Waals surface area contributed by atoms with Crippen LogP contribution in [-0.2, 0) is 20.7 Å². The van der Waals surface area contributed by atoms with Crippen molar-refractivity contribution >= 4 is 23.0 Å². The first-order chi connectivity index (χ1) is 9.62. The Balaban J connectivity index is 1.88. The zero-order valence-electron chi connectivity index (χ0n) is 11.7. The molecule has 0 aromatic heterocycles. The molecule has 3 rings (SSSR count). The standard InChI is InChI=1S/C14H19N3O3/c1-19-12-6-17(7-13(12)20-2)11-5-10-8(3-9(11)15)4-14(18)16-10/h3,5,12-13H,4,6-7,15H2,1-2H3,(H,16,18). The molecule has 20 heavy (non-hydrogen) atoms. The van der Waals surface area contributed by atoms with Gasteiger partial charge in [0.05, 0.1) is 17.8 Å². The van der Waals surface area contributed by atoms with E-state index in [1.54, 1.807) is 14.2 Å². The van der Waals surface area contributed by atoms with Gasteiger partial charge in [0.25, 0.3) is 0 Å². The molecule has 2 atom stereocenters. The molecule has 1 saturated heterocycles. The van der Waals surface area contributed by atoms with E-state index in [0.29, 0.717) is 12.1 Å². The van der Waals surface area contributed by atoms with Gasteiger partial charge in [0, 0.05) is 33.0 Å². The smallest absolute Gasteiger partial charge is 0.228 e. The van der Waals surface area contributed by atoms with Crippen LogP contribution in [0.1, 0.15) is 5.56 Å². The summed E-state index contributed by atoms with van der Waals surface area (Å²) >= 11 is 0. The Morgan fingerprint density at radius 3 is 2.50 bits per heavy atom. The first kappa shape index (κ1) is 13.2. The Kier molecular flexibility index (Phi) is 3.27. The van der Waals surface area contributed by atoms with Gasteiger partial charge in [-0.3, -0.25) is 4.79 Å². The van der Waals surface area contributed by atoms with Crippen LogP contribution in [0.15, 0.2) is 12.1 Å². The molecule has 6 nitrogen and oxygen atoms in total. The lowest BCUT2D eigenvalue weighted by Crippen LogP contribution is -2.27. The van der Waals surface area contributed by atoms with Crippen LogP contribution in [0.3, 0.4) is 0 Å². The largest absolute Gasteiger partial charge is 0.397 e. The third-order valence-electron chi connectivity index (χ3n) is 4.04. The minimum atomic E-state index is 0.0162. The van der Waals surface area contributed by atoms with E-state index < -0.39 is 0 Å². The highest BCUT2D eigenvalue weighted by Gasteiger charge is 2.34. The number of hydrogen-bond donors (Lipinski definition) is 2. The highest BCUT2D eigenvalue weighted by atomic mass is 16.5. The van der Waals surface area contributed by atoms with Crippen LogP contribution in [0.2, 0.25) is 0 Å². The fourth-order valence-electron chi connectivity index (χ4n) is 2.95. The van der Waals surface area contributed by atoms with Crippen LogP contribution in [0.5, 0.6) is 0 Å². The Morgan fingerprint density at radius 2 is 1.90 bits per heavy atom. The van der Waals surface area contributed by atoms with Gasteiger partial charge in [-0.05, 0) is 17.7 Å². The number of anilines is 3. The van der Waals surface area contributed by atoms with E-state index in [1.807, 2.05) is 12.1 Å². The fourth-order valence-corrected chi connectivity index (χ4v) is 2.95. The predicted octanol–water partition coefficient (Wildman–Crippen LogP) is 0.613. The number of rotatable bonds is 3. The van der Waals surface area contributed by atoms with Crippen molar-refractivity contribution in [3.05, 3.63) is 17.7 Å². The van der Waals surface area contributed by atoms with Crippen LogP contribution < -0.4 is 16.0 Å². The molecule has 0 bridgehead atoms. The number of nitrogen functional groups attached to an aromatic ring is 1. The van der Waals surface area contributed by atoms with Crippen molar-refractivity contribution in [2.24, 2.45) is 0 Å². The second kappa shape index (κ2) is 4.96. The van der Waals surface area contributed by atoms with Crippen molar-refractivity contribution in [1.29, 1.82) is 0 Å². The molecule has 2 heterocycles. The molecular weight excluding hydrogens is 258 g/mol. The van der Waals surface area contributed by atoms with E-state index in [-0.39, 0.29) is 18.1 Å². The molecule has 0 aliphatic carbocycles. The number of carbonyl (C=O) groups excluding carboxylic acids is 1. The van der Waals surface area contributed by atoms with E-state index in [9.17, 15) is 4.79 Å². The number of benzene rings is 1. The molecule has 0 saturated carbocycles. The summed E-state index contributed by atoms with van der Waals surface area (Å²) in [5, 5.41) is 2.86. The fraction of sp³-hybridized carbons (Fsp3) is 0.500. The summed E-state index contributed by atoms with van der Waals surface area (Å²) in [6.45, 7) is 1.46. The van der Waals surface area contributed by atoms with Gasteiger partial charge in [-0.1, -0.05) is 0 Å².